The van der Waals surface area contributed by atoms with E-state index in [2.05, 4.69) is 23.8 Å². The lowest BCUT2D eigenvalue weighted by Gasteiger charge is -2.20. The van der Waals surface area contributed by atoms with Crippen molar-refractivity contribution in [1.82, 2.24) is 0 Å². The van der Waals surface area contributed by atoms with Crippen molar-refractivity contribution in [1.29, 1.82) is 0 Å². The van der Waals surface area contributed by atoms with Crippen LogP contribution in [0.1, 0.15) is 107 Å². The fourth-order valence-corrected chi connectivity index (χ4v) is 4.48. The monoisotopic (exact) mass is 402 g/mol. The number of benzene rings is 1. The van der Waals surface area contributed by atoms with Gasteiger partial charge in [0.05, 0.1) is 13.2 Å². The van der Waals surface area contributed by atoms with Crippen LogP contribution in [-0.2, 0) is 14.3 Å². The standard InChI is InChI=1S/C25H38O4/c1-3-4-7-11-23(26)20-15-13-19(14-16-20)21-17-18-24(27)22(21)10-8-5-6-9-12-25(28)29-2/h13-16,21-23,26H,3-12,17-18H2,1-2H3/t21-,22+,23-/m0/s1. The van der Waals surface area contributed by atoms with Gasteiger partial charge in [0.25, 0.3) is 0 Å². The SMILES string of the molecule is CCCCC[C@H](O)c1ccc([C@@H]2CCC(=O)[C@@H]2CCCCCCC(=O)OC)cc1. The number of ketones is 1. The van der Waals surface area contributed by atoms with Gasteiger partial charge >= 0.3 is 5.97 Å². The second-order valence-electron chi connectivity index (χ2n) is 8.43. The fourth-order valence-electron chi connectivity index (χ4n) is 4.48. The number of aliphatic hydroxyl groups is 1. The van der Waals surface area contributed by atoms with Crippen LogP contribution in [0.3, 0.4) is 0 Å². The van der Waals surface area contributed by atoms with Crippen molar-refractivity contribution in [2.45, 2.75) is 96.0 Å². The van der Waals surface area contributed by atoms with E-state index in [-0.39, 0.29) is 18.0 Å². The average Bonchev–Trinajstić information content (AvgIpc) is 3.10. The molecule has 1 aliphatic carbocycles. The smallest absolute Gasteiger partial charge is 0.305 e. The molecule has 0 amide bonds. The number of aliphatic hydroxyl groups excluding tert-OH is 1. The molecule has 1 fully saturated rings. The van der Waals surface area contributed by atoms with Crippen molar-refractivity contribution in [3.05, 3.63) is 35.4 Å². The Kier molecular flexibility index (Phi) is 10.4. The molecule has 1 aromatic carbocycles. The Morgan fingerprint density at radius 2 is 1.83 bits per heavy atom. The van der Waals surface area contributed by atoms with Gasteiger partial charge in [0, 0.05) is 18.8 Å². The van der Waals surface area contributed by atoms with E-state index in [4.69, 9.17) is 0 Å². The highest BCUT2D eigenvalue weighted by Gasteiger charge is 2.34. The van der Waals surface area contributed by atoms with E-state index < -0.39 is 0 Å². The molecule has 1 aromatic rings. The van der Waals surface area contributed by atoms with Gasteiger partial charge in [-0.3, -0.25) is 9.59 Å². The zero-order chi connectivity index (χ0) is 21.1. The predicted octanol–water partition coefficient (Wildman–Crippen LogP) is 5.88. The zero-order valence-electron chi connectivity index (χ0n) is 18.2. The van der Waals surface area contributed by atoms with Gasteiger partial charge in [0.1, 0.15) is 5.78 Å². The second kappa shape index (κ2) is 12.8. The maximum atomic E-state index is 12.4. The first kappa shape index (κ1) is 23.6. The molecule has 0 unspecified atom stereocenters. The normalized spacial score (nSPS) is 20.0. The summed E-state index contributed by atoms with van der Waals surface area (Å²) < 4.78 is 4.66. The predicted molar refractivity (Wildman–Crippen MR) is 116 cm³/mol. The van der Waals surface area contributed by atoms with Gasteiger partial charge < -0.3 is 9.84 Å². The number of hydrogen-bond donors (Lipinski definition) is 1. The third kappa shape index (κ3) is 7.58. The van der Waals surface area contributed by atoms with Gasteiger partial charge in [-0.05, 0) is 42.7 Å². The molecule has 1 N–H and O–H groups in total. The first-order valence-corrected chi connectivity index (χ1v) is 11.4. The molecule has 0 bridgehead atoms. The summed E-state index contributed by atoms with van der Waals surface area (Å²) in [5.74, 6) is 0.683. The molecule has 1 aliphatic rings. The molecular formula is C25H38O4. The van der Waals surface area contributed by atoms with Crippen LogP contribution in [-0.4, -0.2) is 24.0 Å². The largest absolute Gasteiger partial charge is 0.469 e. The summed E-state index contributed by atoms with van der Waals surface area (Å²) >= 11 is 0. The molecule has 162 valence electrons. The Hall–Kier alpha value is -1.68. The Morgan fingerprint density at radius 1 is 1.10 bits per heavy atom. The molecule has 3 atom stereocenters. The van der Waals surface area contributed by atoms with E-state index in [0.717, 1.165) is 69.8 Å². The van der Waals surface area contributed by atoms with Crippen molar-refractivity contribution in [2.24, 2.45) is 5.92 Å². The van der Waals surface area contributed by atoms with E-state index >= 15 is 0 Å². The van der Waals surface area contributed by atoms with Crippen molar-refractivity contribution < 1.29 is 19.4 Å². The number of esters is 1. The second-order valence-corrected chi connectivity index (χ2v) is 8.43. The number of rotatable bonds is 13. The first-order chi connectivity index (χ1) is 14.1. The Balaban J connectivity index is 1.82. The summed E-state index contributed by atoms with van der Waals surface area (Å²) in [6.45, 7) is 2.17. The number of hydrogen-bond acceptors (Lipinski definition) is 4. The Bertz CT molecular complexity index is 622. The third-order valence-corrected chi connectivity index (χ3v) is 6.31. The molecule has 0 saturated heterocycles. The lowest BCUT2D eigenvalue weighted by Crippen LogP contribution is -2.13. The van der Waals surface area contributed by atoms with Crippen LogP contribution in [0, 0.1) is 5.92 Å². The Morgan fingerprint density at radius 3 is 2.52 bits per heavy atom. The van der Waals surface area contributed by atoms with Crippen molar-refractivity contribution in [2.75, 3.05) is 7.11 Å². The van der Waals surface area contributed by atoms with Crippen LogP contribution in [0.2, 0.25) is 0 Å². The number of ether oxygens (including phenoxy) is 1. The van der Waals surface area contributed by atoms with Crippen LogP contribution in [0.5, 0.6) is 0 Å². The topological polar surface area (TPSA) is 63.6 Å². The molecule has 0 heterocycles. The van der Waals surface area contributed by atoms with Gasteiger partial charge in [-0.1, -0.05) is 69.7 Å². The first-order valence-electron chi connectivity index (χ1n) is 11.4. The van der Waals surface area contributed by atoms with E-state index in [1.807, 2.05) is 12.1 Å². The number of carbonyl (C=O) groups excluding carboxylic acids is 2. The number of Topliss-reactive ketones (excluding diaryl/α,β-unsaturated/α-hetero) is 1. The van der Waals surface area contributed by atoms with E-state index in [1.54, 1.807) is 0 Å². The summed E-state index contributed by atoms with van der Waals surface area (Å²) in [5.41, 5.74) is 2.22. The molecule has 1 saturated carbocycles. The minimum Gasteiger partial charge on any atom is -0.469 e. The lowest BCUT2D eigenvalue weighted by atomic mass is 9.84. The fraction of sp³-hybridized carbons (Fsp3) is 0.680. The molecule has 2 rings (SSSR count). The van der Waals surface area contributed by atoms with E-state index in [9.17, 15) is 14.7 Å². The molecule has 0 spiro atoms. The van der Waals surface area contributed by atoms with E-state index in [0.29, 0.717) is 24.5 Å². The van der Waals surface area contributed by atoms with E-state index in [1.165, 1.54) is 12.7 Å². The maximum Gasteiger partial charge on any atom is 0.305 e. The van der Waals surface area contributed by atoms with Crippen molar-refractivity contribution in [3.63, 3.8) is 0 Å². The summed E-state index contributed by atoms with van der Waals surface area (Å²) in [4.78, 5) is 23.6. The number of methoxy groups -OCH3 is 1. The molecule has 29 heavy (non-hydrogen) atoms. The highest BCUT2D eigenvalue weighted by molar-refractivity contribution is 5.84. The van der Waals surface area contributed by atoms with Gasteiger partial charge in [-0.25, -0.2) is 0 Å². The van der Waals surface area contributed by atoms with Crippen LogP contribution >= 0.6 is 0 Å². The zero-order valence-corrected chi connectivity index (χ0v) is 18.2. The van der Waals surface area contributed by atoms with Gasteiger partial charge in [-0.15, -0.1) is 0 Å². The van der Waals surface area contributed by atoms with Crippen LogP contribution in [0.25, 0.3) is 0 Å². The average molecular weight is 403 g/mol. The van der Waals surface area contributed by atoms with Crippen molar-refractivity contribution >= 4 is 11.8 Å². The van der Waals surface area contributed by atoms with Gasteiger partial charge in [-0.2, -0.15) is 0 Å². The van der Waals surface area contributed by atoms with Crippen LogP contribution in [0.15, 0.2) is 24.3 Å². The summed E-state index contributed by atoms with van der Waals surface area (Å²) in [6, 6.07) is 8.31. The van der Waals surface area contributed by atoms with Gasteiger partial charge in [0.15, 0.2) is 0 Å². The highest BCUT2D eigenvalue weighted by atomic mass is 16.5. The summed E-state index contributed by atoms with van der Waals surface area (Å²) in [5, 5.41) is 10.4. The molecule has 4 heteroatoms. The summed E-state index contributed by atoms with van der Waals surface area (Å²) in [6.07, 6.45) is 10.8. The van der Waals surface area contributed by atoms with Gasteiger partial charge in [0.2, 0.25) is 0 Å². The number of carbonyl (C=O) groups is 2. The molecule has 4 nitrogen and oxygen atoms in total. The number of unbranched alkanes of at least 4 members (excludes halogenated alkanes) is 5. The molecule has 0 aliphatic heterocycles. The lowest BCUT2D eigenvalue weighted by molar-refractivity contribution is -0.140. The third-order valence-electron chi connectivity index (χ3n) is 6.31. The van der Waals surface area contributed by atoms with Crippen LogP contribution < -0.4 is 0 Å². The molecular weight excluding hydrogens is 364 g/mol. The highest BCUT2D eigenvalue weighted by Crippen LogP contribution is 2.40. The molecule has 0 aromatic heterocycles. The minimum atomic E-state index is -0.387. The maximum absolute atomic E-state index is 12.4. The molecule has 0 radical (unpaired) electrons. The van der Waals surface area contributed by atoms with Crippen LogP contribution in [0.4, 0.5) is 0 Å². The summed E-state index contributed by atoms with van der Waals surface area (Å²) in [7, 11) is 1.42. The Labute approximate surface area is 176 Å². The quantitative estimate of drug-likeness (QED) is 0.331. The van der Waals surface area contributed by atoms with Crippen molar-refractivity contribution in [3.8, 4) is 0 Å². The minimum absolute atomic E-state index is 0.121.